The molecule has 0 unspecified atom stereocenters. The highest BCUT2D eigenvalue weighted by molar-refractivity contribution is 7.19. The van der Waals surface area contributed by atoms with Crippen molar-refractivity contribution in [1.29, 1.82) is 0 Å². The minimum absolute atomic E-state index is 0.268. The number of hydrogen-bond donors (Lipinski definition) is 1. The van der Waals surface area contributed by atoms with Gasteiger partial charge >= 0.3 is 0 Å². The molecular formula is C21H17ClFN3OS. The van der Waals surface area contributed by atoms with E-state index in [4.69, 9.17) is 16.3 Å². The fourth-order valence-electron chi connectivity index (χ4n) is 3.18. The Bertz CT molecular complexity index is 1170. The molecule has 0 radical (unpaired) electrons. The van der Waals surface area contributed by atoms with Gasteiger partial charge in [-0.1, -0.05) is 23.7 Å². The maximum absolute atomic E-state index is 13.4. The Hall–Kier alpha value is -2.70. The second-order valence-corrected chi connectivity index (χ2v) is 7.95. The van der Waals surface area contributed by atoms with Gasteiger partial charge in [0.05, 0.1) is 18.2 Å². The molecule has 4 nitrogen and oxygen atoms in total. The third kappa shape index (κ3) is 3.41. The molecular weight excluding hydrogens is 397 g/mol. The Morgan fingerprint density at radius 2 is 1.82 bits per heavy atom. The van der Waals surface area contributed by atoms with Crippen LogP contribution in [0.5, 0.6) is 5.75 Å². The average Bonchev–Trinajstić information content (AvgIpc) is 2.98. The highest BCUT2D eigenvalue weighted by Gasteiger charge is 2.19. The van der Waals surface area contributed by atoms with E-state index in [0.717, 1.165) is 26.2 Å². The lowest BCUT2D eigenvalue weighted by atomic mass is 10.0. The summed E-state index contributed by atoms with van der Waals surface area (Å²) in [4.78, 5) is 11.2. The molecule has 2 aromatic carbocycles. The molecule has 2 aromatic heterocycles. The molecule has 7 heteroatoms. The van der Waals surface area contributed by atoms with Crippen molar-refractivity contribution >= 4 is 44.7 Å². The van der Waals surface area contributed by atoms with E-state index in [1.54, 1.807) is 48.8 Å². The normalized spacial score (nSPS) is 11.0. The predicted molar refractivity (Wildman–Crippen MR) is 114 cm³/mol. The van der Waals surface area contributed by atoms with Crippen molar-refractivity contribution in [2.45, 2.75) is 13.8 Å². The van der Waals surface area contributed by atoms with Gasteiger partial charge in [-0.2, -0.15) is 0 Å². The van der Waals surface area contributed by atoms with Crippen molar-refractivity contribution in [3.05, 3.63) is 64.0 Å². The zero-order valence-electron chi connectivity index (χ0n) is 15.5. The molecule has 0 atom stereocenters. The molecule has 28 heavy (non-hydrogen) atoms. The van der Waals surface area contributed by atoms with Crippen LogP contribution in [-0.2, 0) is 0 Å². The van der Waals surface area contributed by atoms with Gasteiger partial charge in [-0.15, -0.1) is 11.3 Å². The number of benzene rings is 2. The molecule has 0 bridgehead atoms. The van der Waals surface area contributed by atoms with Gasteiger partial charge in [0.25, 0.3) is 0 Å². The van der Waals surface area contributed by atoms with Crippen molar-refractivity contribution in [2.75, 3.05) is 12.4 Å². The summed E-state index contributed by atoms with van der Waals surface area (Å²) < 4.78 is 18.9. The van der Waals surface area contributed by atoms with Crippen LogP contribution in [0.2, 0.25) is 5.02 Å². The molecule has 0 aliphatic carbocycles. The van der Waals surface area contributed by atoms with E-state index in [-0.39, 0.29) is 5.82 Å². The quantitative estimate of drug-likeness (QED) is 0.413. The predicted octanol–water partition coefficient (Wildman–Crippen LogP) is 6.52. The number of aryl methyl sites for hydroxylation is 2. The first kappa shape index (κ1) is 18.7. The highest BCUT2D eigenvalue weighted by atomic mass is 35.5. The lowest BCUT2D eigenvalue weighted by molar-refractivity contribution is 0.417. The van der Waals surface area contributed by atoms with Crippen LogP contribution in [0.3, 0.4) is 0 Å². The molecule has 2 heterocycles. The van der Waals surface area contributed by atoms with E-state index < -0.39 is 0 Å². The van der Waals surface area contributed by atoms with Gasteiger partial charge in [0, 0.05) is 15.5 Å². The Morgan fingerprint density at radius 1 is 1.07 bits per heavy atom. The fourth-order valence-corrected chi connectivity index (χ4v) is 4.44. The maximum Gasteiger partial charge on any atom is 0.143 e. The summed E-state index contributed by atoms with van der Waals surface area (Å²) in [6.07, 6.45) is 0. The van der Waals surface area contributed by atoms with E-state index in [9.17, 15) is 4.39 Å². The van der Waals surface area contributed by atoms with Gasteiger partial charge in [-0.3, -0.25) is 0 Å². The van der Waals surface area contributed by atoms with Crippen LogP contribution in [-0.4, -0.2) is 17.1 Å². The number of thiophene rings is 1. The number of halogens is 2. The molecule has 0 aliphatic heterocycles. The second kappa shape index (κ2) is 7.37. The maximum atomic E-state index is 13.4. The van der Waals surface area contributed by atoms with Crippen LogP contribution in [0.4, 0.5) is 15.9 Å². The summed E-state index contributed by atoms with van der Waals surface area (Å²) in [6, 6.07) is 11.8. The first-order valence-corrected chi connectivity index (χ1v) is 9.80. The van der Waals surface area contributed by atoms with Crippen molar-refractivity contribution in [2.24, 2.45) is 0 Å². The van der Waals surface area contributed by atoms with E-state index in [1.165, 1.54) is 12.1 Å². The summed E-state index contributed by atoms with van der Waals surface area (Å²) in [5.74, 6) is 1.70. The number of nitrogens with zero attached hydrogens (tertiary/aromatic N) is 2. The molecule has 0 spiro atoms. The van der Waals surface area contributed by atoms with Crippen LogP contribution in [0, 0.1) is 19.7 Å². The summed E-state index contributed by atoms with van der Waals surface area (Å²) in [7, 11) is 1.61. The van der Waals surface area contributed by atoms with Crippen molar-refractivity contribution in [3.63, 3.8) is 0 Å². The number of methoxy groups -OCH3 is 1. The van der Waals surface area contributed by atoms with Crippen LogP contribution in [0.1, 0.15) is 10.7 Å². The van der Waals surface area contributed by atoms with Crippen molar-refractivity contribution in [3.8, 4) is 16.9 Å². The third-order valence-corrected chi connectivity index (χ3v) is 5.62. The smallest absolute Gasteiger partial charge is 0.143 e. The summed E-state index contributed by atoms with van der Waals surface area (Å²) in [5, 5.41) is 4.83. The Morgan fingerprint density at radius 3 is 2.54 bits per heavy atom. The number of ether oxygens (including phenoxy) is 1. The molecule has 4 rings (SSSR count). The van der Waals surface area contributed by atoms with Gasteiger partial charge in [-0.05, 0) is 49.7 Å². The molecule has 1 N–H and O–H groups in total. The highest BCUT2D eigenvalue weighted by Crippen LogP contribution is 2.42. The summed E-state index contributed by atoms with van der Waals surface area (Å²) in [5.41, 5.74) is 2.62. The van der Waals surface area contributed by atoms with Crippen LogP contribution in [0.25, 0.3) is 21.3 Å². The van der Waals surface area contributed by atoms with Gasteiger partial charge < -0.3 is 10.1 Å². The molecule has 0 fully saturated rings. The molecule has 0 saturated carbocycles. The van der Waals surface area contributed by atoms with Gasteiger partial charge in [0.2, 0.25) is 0 Å². The number of aromatic nitrogens is 2. The lowest BCUT2D eigenvalue weighted by Crippen LogP contribution is -2.00. The first-order chi connectivity index (χ1) is 13.5. The SMILES string of the molecule is COc1ccc(Cl)cc1Nc1nc(C)nc2sc(C)c(-c3ccc(F)cc3)c12. The van der Waals surface area contributed by atoms with Gasteiger partial charge in [0.15, 0.2) is 0 Å². The summed E-state index contributed by atoms with van der Waals surface area (Å²) in [6.45, 7) is 3.89. The van der Waals surface area contributed by atoms with Gasteiger partial charge in [0.1, 0.15) is 28.0 Å². The molecule has 142 valence electrons. The summed E-state index contributed by atoms with van der Waals surface area (Å²) >= 11 is 7.76. The Labute approximate surface area is 171 Å². The van der Waals surface area contributed by atoms with E-state index in [2.05, 4.69) is 15.3 Å². The van der Waals surface area contributed by atoms with Gasteiger partial charge in [-0.25, -0.2) is 14.4 Å². The topological polar surface area (TPSA) is 47.0 Å². The minimum atomic E-state index is -0.268. The number of fused-ring (bicyclic) bond motifs is 1. The Kier molecular flexibility index (Phi) is 4.91. The zero-order valence-corrected chi connectivity index (χ0v) is 17.1. The molecule has 0 saturated heterocycles. The van der Waals surface area contributed by atoms with E-state index in [0.29, 0.717) is 28.1 Å². The van der Waals surface area contributed by atoms with Crippen LogP contribution < -0.4 is 10.1 Å². The number of anilines is 2. The van der Waals surface area contributed by atoms with Crippen molar-refractivity contribution < 1.29 is 9.13 Å². The minimum Gasteiger partial charge on any atom is -0.495 e. The third-order valence-electron chi connectivity index (χ3n) is 4.39. The largest absolute Gasteiger partial charge is 0.495 e. The average molecular weight is 414 g/mol. The molecule has 0 aliphatic rings. The zero-order chi connectivity index (χ0) is 19.8. The fraction of sp³-hybridized carbons (Fsp3) is 0.143. The number of rotatable bonds is 4. The number of hydrogen-bond acceptors (Lipinski definition) is 5. The van der Waals surface area contributed by atoms with E-state index >= 15 is 0 Å². The monoisotopic (exact) mass is 413 g/mol. The number of nitrogens with one attached hydrogen (secondary N) is 1. The molecule has 4 aromatic rings. The van der Waals surface area contributed by atoms with Crippen molar-refractivity contribution in [1.82, 2.24) is 9.97 Å². The van der Waals surface area contributed by atoms with Crippen LogP contribution in [0.15, 0.2) is 42.5 Å². The Balaban J connectivity index is 1.94. The van der Waals surface area contributed by atoms with E-state index in [1.807, 2.05) is 13.8 Å². The molecule has 0 amide bonds. The van der Waals surface area contributed by atoms with Crippen LogP contribution >= 0.6 is 22.9 Å². The standard InChI is InChI=1S/C21H17ClFN3OS/c1-11-18(13-4-7-15(23)8-5-13)19-20(24-12(2)25-21(19)28-11)26-16-10-14(22)6-9-17(16)27-3/h4-10H,1-3H3,(H,24,25,26). The first-order valence-electron chi connectivity index (χ1n) is 8.60. The lowest BCUT2D eigenvalue weighted by Gasteiger charge is -2.13. The second-order valence-electron chi connectivity index (χ2n) is 6.31.